The molecule has 22 heavy (non-hydrogen) atoms. The van der Waals surface area contributed by atoms with Gasteiger partial charge in [0.1, 0.15) is 11.5 Å². The summed E-state index contributed by atoms with van der Waals surface area (Å²) in [6, 6.07) is 5.09. The number of carbonyl (C=O) groups is 1. The fourth-order valence-corrected chi connectivity index (χ4v) is 1.56. The molecule has 1 rings (SSSR count). The molecule has 0 spiro atoms. The van der Waals surface area contributed by atoms with Crippen molar-refractivity contribution in [2.45, 2.75) is 12.8 Å². The zero-order valence-corrected chi connectivity index (χ0v) is 14.3. The van der Waals surface area contributed by atoms with E-state index in [0.29, 0.717) is 30.3 Å². The lowest BCUT2D eigenvalue weighted by molar-refractivity contribution is -0.369. The van der Waals surface area contributed by atoms with Gasteiger partial charge in [-0.15, -0.1) is 0 Å². The summed E-state index contributed by atoms with van der Waals surface area (Å²) in [6.07, 6.45) is 1.72. The predicted octanol–water partition coefficient (Wildman–Crippen LogP) is -6.50. The van der Waals surface area contributed by atoms with Crippen molar-refractivity contribution in [3.8, 4) is 11.5 Å². The molecule has 0 unspecified atom stereocenters. The average Bonchev–Trinajstić information content (AvgIpc) is 2.47. The number of benzene rings is 1. The first-order valence-electron chi connectivity index (χ1n) is 6.78. The molecule has 0 aliphatic heterocycles. The number of quaternary nitrogens is 2. The van der Waals surface area contributed by atoms with Crippen LogP contribution >= 0.6 is 0 Å². The molecule has 0 amide bonds. The molecule has 1 aromatic carbocycles. The van der Waals surface area contributed by atoms with Crippen LogP contribution in [0.3, 0.4) is 0 Å². The number of methoxy groups -OCH3 is 1. The maximum Gasteiger partial charge on any atom is 0.338 e. The first-order chi connectivity index (χ1) is 9.71. The first-order valence-corrected chi connectivity index (χ1v) is 6.78. The Labute approximate surface area is 143 Å². The fourth-order valence-electron chi connectivity index (χ4n) is 1.56. The van der Waals surface area contributed by atoms with E-state index in [1.807, 2.05) is 0 Å². The molecular weight excluding hydrogens is 331 g/mol. The van der Waals surface area contributed by atoms with Crippen LogP contribution in [0.15, 0.2) is 18.2 Å². The SMILES string of the molecule is COC(=O)c1cc(OCCC[NH3+])cc(OCCC[NH3+])c1.[Cl-].[Cl-]. The first kappa shape index (κ1) is 23.1. The Kier molecular flexibility index (Phi) is 14.1. The Bertz CT molecular complexity index is 405. The minimum Gasteiger partial charge on any atom is -1.00 e. The van der Waals surface area contributed by atoms with Crippen molar-refractivity contribution in [1.82, 2.24) is 0 Å². The molecule has 0 radical (unpaired) electrons. The molecule has 0 atom stereocenters. The summed E-state index contributed by atoms with van der Waals surface area (Å²) in [5.41, 5.74) is 7.94. The van der Waals surface area contributed by atoms with Crippen molar-refractivity contribution in [2.75, 3.05) is 33.4 Å². The summed E-state index contributed by atoms with van der Waals surface area (Å²) in [5, 5.41) is 0. The van der Waals surface area contributed by atoms with Crippen molar-refractivity contribution in [3.63, 3.8) is 0 Å². The van der Waals surface area contributed by atoms with Gasteiger partial charge in [-0.3, -0.25) is 0 Å². The topological polar surface area (TPSA) is 100 Å². The van der Waals surface area contributed by atoms with Gasteiger partial charge in [0.25, 0.3) is 0 Å². The molecule has 1 aromatic rings. The molecule has 0 aliphatic carbocycles. The van der Waals surface area contributed by atoms with Gasteiger partial charge in [0.05, 0.1) is 39.0 Å². The number of rotatable bonds is 9. The number of esters is 1. The van der Waals surface area contributed by atoms with Gasteiger partial charge >= 0.3 is 5.97 Å². The molecule has 6 nitrogen and oxygen atoms in total. The lowest BCUT2D eigenvalue weighted by atomic mass is 10.2. The van der Waals surface area contributed by atoms with Gasteiger partial charge < -0.3 is 50.5 Å². The van der Waals surface area contributed by atoms with Crippen molar-refractivity contribution in [1.29, 1.82) is 0 Å². The van der Waals surface area contributed by atoms with Crippen LogP contribution in [0.5, 0.6) is 11.5 Å². The molecule has 8 heteroatoms. The zero-order chi connectivity index (χ0) is 14.8. The van der Waals surface area contributed by atoms with Gasteiger partial charge in [0, 0.05) is 18.9 Å². The van der Waals surface area contributed by atoms with Crippen molar-refractivity contribution < 1.29 is 55.3 Å². The van der Waals surface area contributed by atoms with Crippen LogP contribution in [0.1, 0.15) is 23.2 Å². The Morgan fingerprint density at radius 2 is 1.41 bits per heavy atom. The molecule has 0 heterocycles. The van der Waals surface area contributed by atoms with Crippen LogP contribution in [0.2, 0.25) is 0 Å². The van der Waals surface area contributed by atoms with Gasteiger partial charge in [0.2, 0.25) is 0 Å². The van der Waals surface area contributed by atoms with Crippen LogP contribution in [0, 0.1) is 0 Å². The second-order valence-corrected chi connectivity index (χ2v) is 4.30. The molecule has 0 aromatic heterocycles. The fraction of sp³-hybridized carbons (Fsp3) is 0.500. The Balaban J connectivity index is 0. The molecule has 0 saturated heterocycles. The summed E-state index contributed by atoms with van der Waals surface area (Å²) >= 11 is 0. The van der Waals surface area contributed by atoms with Gasteiger partial charge in [-0.1, -0.05) is 0 Å². The van der Waals surface area contributed by atoms with Gasteiger partial charge in [-0.25, -0.2) is 4.79 Å². The third-order valence-electron chi connectivity index (χ3n) is 2.63. The van der Waals surface area contributed by atoms with Crippen molar-refractivity contribution >= 4 is 5.97 Å². The molecule has 0 aliphatic rings. The van der Waals surface area contributed by atoms with Crippen LogP contribution in [-0.4, -0.2) is 39.4 Å². The summed E-state index contributed by atoms with van der Waals surface area (Å²) in [4.78, 5) is 11.6. The summed E-state index contributed by atoms with van der Waals surface area (Å²) in [5.74, 6) is 0.798. The summed E-state index contributed by atoms with van der Waals surface area (Å²) in [7, 11) is 1.35. The second-order valence-electron chi connectivity index (χ2n) is 4.30. The highest BCUT2D eigenvalue weighted by Gasteiger charge is 2.10. The summed E-state index contributed by atoms with van der Waals surface area (Å²) < 4.78 is 15.9. The lowest BCUT2D eigenvalue weighted by Gasteiger charge is -2.11. The molecule has 0 bridgehead atoms. The van der Waals surface area contributed by atoms with Gasteiger partial charge in [0.15, 0.2) is 0 Å². The highest BCUT2D eigenvalue weighted by atomic mass is 35.5. The van der Waals surface area contributed by atoms with E-state index in [1.54, 1.807) is 18.2 Å². The lowest BCUT2D eigenvalue weighted by Crippen LogP contribution is -3.00. The number of hydrogen-bond donors (Lipinski definition) is 2. The maximum absolute atomic E-state index is 11.6. The van der Waals surface area contributed by atoms with Crippen LogP contribution < -0.4 is 45.8 Å². The van der Waals surface area contributed by atoms with E-state index >= 15 is 0 Å². The van der Waals surface area contributed by atoms with Crippen LogP contribution in [-0.2, 0) is 4.74 Å². The third-order valence-corrected chi connectivity index (χ3v) is 2.63. The van der Waals surface area contributed by atoms with E-state index in [-0.39, 0.29) is 24.8 Å². The normalized spacial score (nSPS) is 9.23. The predicted molar refractivity (Wildman–Crippen MR) is 73.5 cm³/mol. The molecule has 0 fully saturated rings. The molecule has 6 N–H and O–H groups in total. The number of halogens is 2. The highest BCUT2D eigenvalue weighted by Crippen LogP contribution is 2.24. The Morgan fingerprint density at radius 3 is 1.77 bits per heavy atom. The van der Waals surface area contributed by atoms with Crippen LogP contribution in [0.4, 0.5) is 0 Å². The zero-order valence-electron chi connectivity index (χ0n) is 12.8. The monoisotopic (exact) mass is 354 g/mol. The van der Waals surface area contributed by atoms with E-state index in [9.17, 15) is 4.79 Å². The smallest absolute Gasteiger partial charge is 0.338 e. The second kappa shape index (κ2) is 13.5. The Morgan fingerprint density at radius 1 is 0.955 bits per heavy atom. The van der Waals surface area contributed by atoms with Gasteiger partial charge in [-0.05, 0) is 12.1 Å². The number of carbonyl (C=O) groups excluding carboxylic acids is 1. The molecular formula is C14H24Cl2N2O4. The van der Waals surface area contributed by atoms with Crippen molar-refractivity contribution in [3.05, 3.63) is 23.8 Å². The third kappa shape index (κ3) is 8.29. The van der Waals surface area contributed by atoms with E-state index in [2.05, 4.69) is 11.5 Å². The summed E-state index contributed by atoms with van der Waals surface area (Å²) in [6.45, 7) is 2.74. The Hall–Kier alpha value is -1.21. The standard InChI is InChI=1S/C14H22N2O4.2ClH/c1-18-14(17)11-8-12(19-6-2-4-15)10-13(9-11)20-7-3-5-16;;/h8-10H,2-7,15-16H2,1H3;2*1H. The maximum atomic E-state index is 11.6. The van der Waals surface area contributed by atoms with E-state index in [0.717, 1.165) is 25.9 Å². The van der Waals surface area contributed by atoms with E-state index in [1.165, 1.54) is 7.11 Å². The van der Waals surface area contributed by atoms with Crippen molar-refractivity contribution in [2.24, 2.45) is 0 Å². The van der Waals surface area contributed by atoms with Crippen LogP contribution in [0.25, 0.3) is 0 Å². The molecule has 128 valence electrons. The minimum atomic E-state index is -0.408. The molecule has 0 saturated carbocycles. The van der Waals surface area contributed by atoms with E-state index < -0.39 is 5.97 Å². The highest BCUT2D eigenvalue weighted by molar-refractivity contribution is 5.90. The number of ether oxygens (including phenoxy) is 3. The average molecular weight is 355 g/mol. The minimum absolute atomic E-state index is 0. The quantitative estimate of drug-likeness (QED) is 0.340. The van der Waals surface area contributed by atoms with Gasteiger partial charge in [-0.2, -0.15) is 0 Å². The van der Waals surface area contributed by atoms with E-state index in [4.69, 9.17) is 14.2 Å². The largest absolute Gasteiger partial charge is 1.00 e. The number of hydrogen-bond acceptors (Lipinski definition) is 4.